The summed E-state index contributed by atoms with van der Waals surface area (Å²) in [7, 11) is 0. The van der Waals surface area contributed by atoms with Gasteiger partial charge in [0.15, 0.2) is 0 Å². The molecule has 0 unspecified atom stereocenters. The maximum absolute atomic E-state index is 3.68. The zero-order valence-electron chi connectivity index (χ0n) is 5.88. The number of hydrogen-bond donors (Lipinski definition) is 1. The summed E-state index contributed by atoms with van der Waals surface area (Å²) in [5, 5.41) is 0. The monoisotopic (exact) mass is 133 g/mol. The average Bonchev–Trinajstić information content (AvgIpc) is 2.03. The Bertz CT molecular complexity index is 201. The predicted molar refractivity (Wildman–Crippen MR) is 43.1 cm³/mol. The maximum atomic E-state index is 3.68. The summed E-state index contributed by atoms with van der Waals surface area (Å²) in [6.07, 6.45) is 2.73. The Morgan fingerprint density at radius 1 is 1.30 bits per heavy atom. The molecule has 1 N–H and O–H groups in total. The SMILES string of the molecule is [CH2]CC=[NH+]c1ccccc1. The average molecular weight is 133 g/mol. The van der Waals surface area contributed by atoms with Crippen LogP contribution in [0.5, 0.6) is 0 Å². The first kappa shape index (κ1) is 7.00. The Kier molecular flexibility index (Phi) is 2.68. The first-order valence-corrected chi connectivity index (χ1v) is 3.36. The van der Waals surface area contributed by atoms with E-state index in [2.05, 4.69) is 11.9 Å². The third-order valence-electron chi connectivity index (χ3n) is 1.19. The van der Waals surface area contributed by atoms with Crippen LogP contribution < -0.4 is 4.99 Å². The van der Waals surface area contributed by atoms with Crippen molar-refractivity contribution in [1.29, 1.82) is 0 Å². The van der Waals surface area contributed by atoms with E-state index in [0.717, 1.165) is 12.1 Å². The Balaban J connectivity index is 2.67. The molecule has 1 aromatic carbocycles. The highest BCUT2D eigenvalue weighted by atomic mass is 14.7. The van der Waals surface area contributed by atoms with Crippen LogP contribution in [0.4, 0.5) is 5.69 Å². The van der Waals surface area contributed by atoms with E-state index in [9.17, 15) is 0 Å². The molecule has 0 spiro atoms. The van der Waals surface area contributed by atoms with E-state index >= 15 is 0 Å². The standard InChI is InChI=1S/C9H10N/c1-2-8-10-9-6-4-3-5-7-9/h3-8H,1-2H2/p+1. The van der Waals surface area contributed by atoms with Gasteiger partial charge in [-0.3, -0.25) is 0 Å². The normalized spacial score (nSPS) is 10.5. The molecule has 0 saturated heterocycles. The first-order chi connectivity index (χ1) is 4.93. The van der Waals surface area contributed by atoms with Gasteiger partial charge in [-0.2, -0.15) is 0 Å². The molecule has 0 aliphatic heterocycles. The maximum Gasteiger partial charge on any atom is 0.203 e. The lowest BCUT2D eigenvalue weighted by Gasteiger charge is -1.81. The summed E-state index contributed by atoms with van der Waals surface area (Å²) in [6, 6.07) is 10.0. The molecule has 0 bridgehead atoms. The van der Waals surface area contributed by atoms with E-state index in [-0.39, 0.29) is 0 Å². The van der Waals surface area contributed by atoms with Crippen molar-refractivity contribution in [2.75, 3.05) is 0 Å². The fourth-order valence-corrected chi connectivity index (χ4v) is 0.724. The molecule has 0 fully saturated rings. The molecular formula is C9H11N+. The minimum Gasteiger partial charge on any atom is -0.215 e. The topological polar surface area (TPSA) is 14.0 Å². The Labute approximate surface area is 61.4 Å². The molecule has 0 heterocycles. The van der Waals surface area contributed by atoms with Gasteiger partial charge in [-0.25, -0.2) is 4.99 Å². The second-order valence-corrected chi connectivity index (χ2v) is 2.00. The molecule has 0 saturated carbocycles. The third kappa shape index (κ3) is 2.02. The number of benzene rings is 1. The Hall–Kier alpha value is -1.11. The summed E-state index contributed by atoms with van der Waals surface area (Å²) in [4.78, 5) is 3.11. The van der Waals surface area contributed by atoms with Gasteiger partial charge in [0.1, 0.15) is 6.21 Å². The zero-order valence-corrected chi connectivity index (χ0v) is 5.88. The van der Waals surface area contributed by atoms with Gasteiger partial charge < -0.3 is 0 Å². The highest BCUT2D eigenvalue weighted by molar-refractivity contribution is 5.52. The number of nitrogens with one attached hydrogen (secondary N) is 1. The van der Waals surface area contributed by atoms with Crippen molar-refractivity contribution in [3.05, 3.63) is 37.3 Å². The van der Waals surface area contributed by atoms with E-state index in [1.165, 1.54) is 0 Å². The Morgan fingerprint density at radius 2 is 2.00 bits per heavy atom. The van der Waals surface area contributed by atoms with Crippen LogP contribution in [0.25, 0.3) is 0 Å². The number of para-hydroxylation sites is 1. The highest BCUT2D eigenvalue weighted by Crippen LogP contribution is 1.94. The van der Waals surface area contributed by atoms with E-state index in [4.69, 9.17) is 0 Å². The smallest absolute Gasteiger partial charge is 0.203 e. The van der Waals surface area contributed by atoms with Crippen LogP contribution in [-0.2, 0) is 0 Å². The summed E-state index contributed by atoms with van der Waals surface area (Å²) in [6.45, 7) is 3.68. The molecule has 0 aliphatic rings. The third-order valence-corrected chi connectivity index (χ3v) is 1.19. The largest absolute Gasteiger partial charge is 0.215 e. The number of hydrogen-bond acceptors (Lipinski definition) is 0. The second kappa shape index (κ2) is 3.83. The summed E-state index contributed by atoms with van der Waals surface area (Å²) >= 11 is 0. The molecule has 1 nitrogen and oxygen atoms in total. The number of rotatable bonds is 2. The molecule has 0 atom stereocenters. The summed E-state index contributed by atoms with van der Waals surface area (Å²) < 4.78 is 0. The molecule has 0 amide bonds. The van der Waals surface area contributed by atoms with Crippen LogP contribution >= 0.6 is 0 Å². The van der Waals surface area contributed by atoms with Gasteiger partial charge in [-0.15, -0.1) is 0 Å². The van der Waals surface area contributed by atoms with Gasteiger partial charge in [-0.1, -0.05) is 18.2 Å². The van der Waals surface area contributed by atoms with E-state index in [0.29, 0.717) is 0 Å². The van der Waals surface area contributed by atoms with Crippen LogP contribution in [0, 0.1) is 6.92 Å². The van der Waals surface area contributed by atoms with Crippen molar-refractivity contribution >= 4 is 11.9 Å². The predicted octanol–water partition coefficient (Wildman–Crippen LogP) is 0.694. The van der Waals surface area contributed by atoms with Crippen molar-refractivity contribution in [3.63, 3.8) is 0 Å². The molecule has 1 radical (unpaired) electrons. The minimum absolute atomic E-state index is 0.800. The highest BCUT2D eigenvalue weighted by Gasteiger charge is 1.87. The van der Waals surface area contributed by atoms with Gasteiger partial charge >= 0.3 is 0 Å². The van der Waals surface area contributed by atoms with Crippen molar-refractivity contribution in [2.45, 2.75) is 6.42 Å². The lowest BCUT2D eigenvalue weighted by atomic mass is 10.3. The van der Waals surface area contributed by atoms with Crippen LogP contribution in [0.15, 0.2) is 30.3 Å². The summed E-state index contributed by atoms with van der Waals surface area (Å²) in [5.41, 5.74) is 1.12. The van der Waals surface area contributed by atoms with Gasteiger partial charge in [0.05, 0.1) is 0 Å². The van der Waals surface area contributed by atoms with Crippen molar-refractivity contribution < 1.29 is 4.99 Å². The first-order valence-electron chi connectivity index (χ1n) is 3.36. The molecule has 1 aromatic rings. The molecule has 1 heteroatoms. The van der Waals surface area contributed by atoms with Crippen LogP contribution in [0.3, 0.4) is 0 Å². The molecule has 0 aliphatic carbocycles. The Morgan fingerprint density at radius 3 is 2.60 bits per heavy atom. The molecule has 51 valence electrons. The van der Waals surface area contributed by atoms with Gasteiger partial charge in [0, 0.05) is 18.6 Å². The van der Waals surface area contributed by atoms with Crippen molar-refractivity contribution in [1.82, 2.24) is 0 Å². The molecule has 1 rings (SSSR count). The fraction of sp³-hybridized carbons (Fsp3) is 0.111. The zero-order chi connectivity index (χ0) is 7.23. The van der Waals surface area contributed by atoms with Crippen LogP contribution in [-0.4, -0.2) is 6.21 Å². The van der Waals surface area contributed by atoms with Gasteiger partial charge in [0.25, 0.3) is 0 Å². The quantitative estimate of drug-likeness (QED) is 0.571. The van der Waals surface area contributed by atoms with Gasteiger partial charge in [0.2, 0.25) is 5.69 Å². The van der Waals surface area contributed by atoms with Crippen molar-refractivity contribution in [2.24, 2.45) is 0 Å². The van der Waals surface area contributed by atoms with Crippen LogP contribution in [0.2, 0.25) is 0 Å². The molecular weight excluding hydrogens is 122 g/mol. The lowest BCUT2D eigenvalue weighted by Crippen LogP contribution is -2.61. The summed E-state index contributed by atoms with van der Waals surface area (Å²) in [5.74, 6) is 0. The van der Waals surface area contributed by atoms with E-state index < -0.39 is 0 Å². The molecule has 0 aromatic heterocycles. The second-order valence-electron chi connectivity index (χ2n) is 2.00. The van der Waals surface area contributed by atoms with E-state index in [1.807, 2.05) is 36.5 Å². The minimum atomic E-state index is 0.800. The fourth-order valence-electron chi connectivity index (χ4n) is 0.724. The molecule has 10 heavy (non-hydrogen) atoms. The van der Waals surface area contributed by atoms with Crippen LogP contribution in [0.1, 0.15) is 6.42 Å². The van der Waals surface area contributed by atoms with E-state index in [1.54, 1.807) is 0 Å². The van der Waals surface area contributed by atoms with Gasteiger partial charge in [-0.05, 0) is 6.92 Å². The van der Waals surface area contributed by atoms with Crippen molar-refractivity contribution in [3.8, 4) is 0 Å². The lowest BCUT2D eigenvalue weighted by molar-refractivity contribution is -0.348.